The summed E-state index contributed by atoms with van der Waals surface area (Å²) in [5.41, 5.74) is 1.04. The van der Waals surface area contributed by atoms with Crippen LogP contribution >= 0.6 is 11.6 Å². The van der Waals surface area contributed by atoms with Crippen molar-refractivity contribution in [3.05, 3.63) is 53.1 Å². The second kappa shape index (κ2) is 7.57. The van der Waals surface area contributed by atoms with E-state index in [1.54, 1.807) is 4.90 Å². The van der Waals surface area contributed by atoms with Crippen LogP contribution < -0.4 is 4.74 Å². The summed E-state index contributed by atoms with van der Waals surface area (Å²) in [4.78, 5) is 21.6. The topological polar surface area (TPSA) is 55.3 Å². The van der Waals surface area contributed by atoms with E-state index in [9.17, 15) is 9.18 Å². The van der Waals surface area contributed by atoms with Gasteiger partial charge in [0, 0.05) is 24.4 Å². The molecule has 2 heterocycles. The van der Waals surface area contributed by atoms with Gasteiger partial charge in [-0.25, -0.2) is 14.4 Å². The Morgan fingerprint density at radius 1 is 1.38 bits per heavy atom. The summed E-state index contributed by atoms with van der Waals surface area (Å²) < 4.78 is 18.4. The van der Waals surface area contributed by atoms with Gasteiger partial charge in [-0.1, -0.05) is 23.7 Å². The highest BCUT2D eigenvalue weighted by Crippen LogP contribution is 2.17. The van der Waals surface area contributed by atoms with Crippen LogP contribution in [0.4, 0.5) is 4.39 Å². The SMILES string of the molecule is O=C(CCc1cccc(Cl)c1)N1CC[C@H](Oc2ncc(F)cn2)C1. The van der Waals surface area contributed by atoms with Gasteiger partial charge in [0.2, 0.25) is 5.91 Å². The highest BCUT2D eigenvalue weighted by atomic mass is 35.5. The molecule has 1 saturated heterocycles. The maximum atomic E-state index is 12.8. The second-order valence-electron chi connectivity index (χ2n) is 5.68. The number of aryl methyl sites for hydroxylation is 1. The lowest BCUT2D eigenvalue weighted by atomic mass is 10.1. The van der Waals surface area contributed by atoms with E-state index in [-0.39, 0.29) is 18.0 Å². The summed E-state index contributed by atoms with van der Waals surface area (Å²) in [6.07, 6.45) is 3.76. The Balaban J connectivity index is 1.48. The Morgan fingerprint density at radius 3 is 2.92 bits per heavy atom. The summed E-state index contributed by atoms with van der Waals surface area (Å²) in [6.45, 7) is 1.13. The van der Waals surface area contributed by atoms with E-state index < -0.39 is 5.82 Å². The van der Waals surface area contributed by atoms with Crippen molar-refractivity contribution in [2.75, 3.05) is 13.1 Å². The second-order valence-corrected chi connectivity index (χ2v) is 6.12. The summed E-state index contributed by atoms with van der Waals surface area (Å²) >= 11 is 5.95. The average Bonchev–Trinajstić information content (AvgIpc) is 3.03. The number of aromatic nitrogens is 2. The van der Waals surface area contributed by atoms with Crippen LogP contribution in [0.25, 0.3) is 0 Å². The lowest BCUT2D eigenvalue weighted by Gasteiger charge is -2.16. The number of benzene rings is 1. The van der Waals surface area contributed by atoms with E-state index in [4.69, 9.17) is 16.3 Å². The number of likely N-dealkylation sites (tertiary alicyclic amines) is 1. The van der Waals surface area contributed by atoms with Gasteiger partial charge >= 0.3 is 6.01 Å². The van der Waals surface area contributed by atoms with Crippen LogP contribution in [-0.4, -0.2) is 40.0 Å². The van der Waals surface area contributed by atoms with Gasteiger partial charge in [0.25, 0.3) is 0 Å². The van der Waals surface area contributed by atoms with Crippen molar-refractivity contribution in [2.45, 2.75) is 25.4 Å². The maximum Gasteiger partial charge on any atom is 0.316 e. The highest BCUT2D eigenvalue weighted by Gasteiger charge is 2.27. The minimum absolute atomic E-state index is 0.0844. The molecule has 1 amide bonds. The zero-order valence-corrected chi connectivity index (χ0v) is 13.7. The van der Waals surface area contributed by atoms with Crippen LogP contribution in [0.1, 0.15) is 18.4 Å². The van der Waals surface area contributed by atoms with Gasteiger partial charge in [-0.2, -0.15) is 0 Å². The third-order valence-electron chi connectivity index (χ3n) is 3.88. The van der Waals surface area contributed by atoms with Gasteiger partial charge in [-0.05, 0) is 24.1 Å². The van der Waals surface area contributed by atoms with Crippen LogP contribution in [-0.2, 0) is 11.2 Å². The smallest absolute Gasteiger partial charge is 0.316 e. The maximum absolute atomic E-state index is 12.8. The number of carbonyl (C=O) groups excluding carboxylic acids is 1. The number of hydrogen-bond acceptors (Lipinski definition) is 4. The fourth-order valence-electron chi connectivity index (χ4n) is 2.66. The number of nitrogens with zero attached hydrogens (tertiary/aromatic N) is 3. The summed E-state index contributed by atoms with van der Waals surface area (Å²) in [5.74, 6) is -0.423. The summed E-state index contributed by atoms with van der Waals surface area (Å²) in [6, 6.07) is 7.66. The lowest BCUT2D eigenvalue weighted by Crippen LogP contribution is -2.31. The van der Waals surface area contributed by atoms with Crippen molar-refractivity contribution in [1.82, 2.24) is 14.9 Å². The number of rotatable bonds is 5. The fourth-order valence-corrected chi connectivity index (χ4v) is 2.88. The molecule has 1 aliphatic rings. The molecule has 2 aromatic rings. The quantitative estimate of drug-likeness (QED) is 0.833. The predicted molar refractivity (Wildman–Crippen MR) is 87.4 cm³/mol. The first-order valence-electron chi connectivity index (χ1n) is 7.76. The molecule has 0 unspecified atom stereocenters. The van der Waals surface area contributed by atoms with E-state index in [0.717, 1.165) is 18.0 Å². The van der Waals surface area contributed by atoms with E-state index >= 15 is 0 Å². The molecule has 1 aromatic carbocycles. The molecule has 1 aliphatic heterocycles. The number of amides is 1. The molecule has 0 spiro atoms. The first kappa shape index (κ1) is 16.6. The Hall–Kier alpha value is -2.21. The van der Waals surface area contributed by atoms with Crippen LogP contribution in [0, 0.1) is 5.82 Å². The number of hydrogen-bond donors (Lipinski definition) is 0. The fraction of sp³-hybridized carbons (Fsp3) is 0.353. The molecule has 1 fully saturated rings. The first-order chi connectivity index (χ1) is 11.6. The Labute approximate surface area is 144 Å². The Morgan fingerprint density at radius 2 is 2.17 bits per heavy atom. The van der Waals surface area contributed by atoms with Gasteiger partial charge < -0.3 is 9.64 Å². The standard InChI is InChI=1S/C17H17ClFN3O2/c18-13-3-1-2-12(8-13)4-5-16(23)22-7-6-15(11-22)24-17-20-9-14(19)10-21-17/h1-3,8-10,15H,4-7,11H2/t15-/m0/s1. The lowest BCUT2D eigenvalue weighted by molar-refractivity contribution is -0.130. The first-order valence-corrected chi connectivity index (χ1v) is 8.14. The third-order valence-corrected chi connectivity index (χ3v) is 4.12. The molecule has 0 saturated carbocycles. The van der Waals surface area contributed by atoms with E-state index in [0.29, 0.717) is 37.4 Å². The van der Waals surface area contributed by atoms with Crippen LogP contribution in [0.15, 0.2) is 36.7 Å². The molecular formula is C17H17ClFN3O2. The average molecular weight is 350 g/mol. The van der Waals surface area contributed by atoms with E-state index in [1.807, 2.05) is 24.3 Å². The Kier molecular flexibility index (Phi) is 5.25. The molecule has 0 aliphatic carbocycles. The zero-order chi connectivity index (χ0) is 16.9. The van der Waals surface area contributed by atoms with Crippen molar-refractivity contribution < 1.29 is 13.9 Å². The van der Waals surface area contributed by atoms with Gasteiger partial charge in [0.1, 0.15) is 6.10 Å². The largest absolute Gasteiger partial charge is 0.458 e. The minimum Gasteiger partial charge on any atom is -0.458 e. The molecule has 126 valence electrons. The normalized spacial score (nSPS) is 17.1. The van der Waals surface area contributed by atoms with Crippen molar-refractivity contribution in [3.63, 3.8) is 0 Å². The number of ether oxygens (including phenoxy) is 1. The van der Waals surface area contributed by atoms with Crippen LogP contribution in [0.5, 0.6) is 6.01 Å². The van der Waals surface area contributed by atoms with Gasteiger partial charge in [-0.3, -0.25) is 4.79 Å². The van der Waals surface area contributed by atoms with Gasteiger partial charge in [0.05, 0.1) is 18.9 Å². The molecule has 7 heteroatoms. The molecule has 0 N–H and O–H groups in total. The van der Waals surface area contributed by atoms with E-state index in [2.05, 4.69) is 9.97 Å². The molecule has 1 aromatic heterocycles. The molecule has 0 radical (unpaired) electrons. The molecular weight excluding hydrogens is 333 g/mol. The van der Waals surface area contributed by atoms with Crippen LogP contribution in [0.3, 0.4) is 0 Å². The van der Waals surface area contributed by atoms with Crippen molar-refractivity contribution in [3.8, 4) is 6.01 Å². The van der Waals surface area contributed by atoms with Gasteiger partial charge in [-0.15, -0.1) is 0 Å². The molecule has 0 bridgehead atoms. The minimum atomic E-state index is -0.508. The summed E-state index contributed by atoms with van der Waals surface area (Å²) in [7, 11) is 0. The highest BCUT2D eigenvalue weighted by molar-refractivity contribution is 6.30. The zero-order valence-electron chi connectivity index (χ0n) is 13.0. The molecule has 24 heavy (non-hydrogen) atoms. The monoisotopic (exact) mass is 349 g/mol. The molecule has 1 atom stereocenters. The Bertz CT molecular complexity index is 711. The van der Waals surface area contributed by atoms with Crippen molar-refractivity contribution in [1.29, 1.82) is 0 Å². The number of carbonyl (C=O) groups is 1. The third kappa shape index (κ3) is 4.41. The van der Waals surface area contributed by atoms with Gasteiger partial charge in [0.15, 0.2) is 5.82 Å². The van der Waals surface area contributed by atoms with Crippen molar-refractivity contribution >= 4 is 17.5 Å². The van der Waals surface area contributed by atoms with E-state index in [1.165, 1.54) is 0 Å². The van der Waals surface area contributed by atoms with Crippen molar-refractivity contribution in [2.24, 2.45) is 0 Å². The molecule has 3 rings (SSSR count). The number of halogens is 2. The molecule has 5 nitrogen and oxygen atoms in total. The predicted octanol–water partition coefficient (Wildman–Crippen LogP) is 2.88. The summed E-state index contributed by atoms with van der Waals surface area (Å²) in [5, 5.41) is 0.675. The van der Waals surface area contributed by atoms with Crippen LogP contribution in [0.2, 0.25) is 5.02 Å².